The van der Waals surface area contributed by atoms with Crippen LogP contribution in [0.2, 0.25) is 0 Å². The Balaban J connectivity index is 2.30. The molecule has 4 heteroatoms. The number of carbonyl (C=O) groups excluding carboxylic acids is 2. The first-order chi connectivity index (χ1) is 8.18. The lowest BCUT2D eigenvalue weighted by molar-refractivity contribution is 0.0814. The number of hydrogen-bond acceptors (Lipinski definition) is 4. The molecular formula is C13H10N2O2. The van der Waals surface area contributed by atoms with Gasteiger partial charge in [0.1, 0.15) is 5.69 Å². The van der Waals surface area contributed by atoms with E-state index in [1.54, 1.807) is 30.3 Å². The molecule has 0 fully saturated rings. The normalized spacial score (nSPS) is 9.88. The molecule has 0 saturated carbocycles. The zero-order valence-electron chi connectivity index (χ0n) is 8.96. The second-order valence-corrected chi connectivity index (χ2v) is 3.50. The lowest BCUT2D eigenvalue weighted by atomic mass is 10.0. The minimum Gasteiger partial charge on any atom is -0.399 e. The summed E-state index contributed by atoms with van der Waals surface area (Å²) in [6.07, 6.45) is 1.47. The van der Waals surface area contributed by atoms with Gasteiger partial charge in [0.2, 0.25) is 5.78 Å². The molecule has 0 aliphatic carbocycles. The predicted octanol–water partition coefficient (Wildman–Crippen LogP) is 1.73. The molecule has 2 aromatic rings. The molecule has 0 bridgehead atoms. The van der Waals surface area contributed by atoms with Crippen LogP contribution < -0.4 is 5.73 Å². The fourth-order valence-corrected chi connectivity index (χ4v) is 1.42. The smallest absolute Gasteiger partial charge is 0.251 e. The molecule has 0 radical (unpaired) electrons. The van der Waals surface area contributed by atoms with Crippen LogP contribution in [0.5, 0.6) is 0 Å². The lowest BCUT2D eigenvalue weighted by Crippen LogP contribution is -2.15. The van der Waals surface area contributed by atoms with Crippen molar-refractivity contribution in [1.82, 2.24) is 4.98 Å². The number of pyridine rings is 1. The van der Waals surface area contributed by atoms with Gasteiger partial charge in [0.15, 0.2) is 0 Å². The summed E-state index contributed by atoms with van der Waals surface area (Å²) in [5.41, 5.74) is 6.42. The Hall–Kier alpha value is -2.49. The molecular weight excluding hydrogens is 216 g/mol. The van der Waals surface area contributed by atoms with E-state index in [2.05, 4.69) is 4.98 Å². The number of nitrogens with two attached hydrogens (primary N) is 1. The third kappa shape index (κ3) is 2.36. The van der Waals surface area contributed by atoms with E-state index in [9.17, 15) is 9.59 Å². The second kappa shape index (κ2) is 4.57. The van der Waals surface area contributed by atoms with Crippen LogP contribution in [0.4, 0.5) is 5.69 Å². The SMILES string of the molecule is Nc1cccc(C(=O)C(=O)c2ccccn2)c1. The summed E-state index contributed by atoms with van der Waals surface area (Å²) in [5.74, 6) is -1.23. The highest BCUT2D eigenvalue weighted by molar-refractivity contribution is 6.48. The molecule has 0 spiro atoms. The Morgan fingerprint density at radius 1 is 1.00 bits per heavy atom. The van der Waals surface area contributed by atoms with E-state index in [0.717, 1.165) is 0 Å². The maximum absolute atomic E-state index is 11.9. The van der Waals surface area contributed by atoms with Gasteiger partial charge >= 0.3 is 0 Å². The van der Waals surface area contributed by atoms with Crippen LogP contribution in [-0.2, 0) is 0 Å². The van der Waals surface area contributed by atoms with Gasteiger partial charge in [-0.25, -0.2) is 0 Å². The van der Waals surface area contributed by atoms with Crippen molar-refractivity contribution >= 4 is 17.3 Å². The van der Waals surface area contributed by atoms with E-state index in [-0.39, 0.29) is 11.3 Å². The van der Waals surface area contributed by atoms with Crippen LogP contribution in [0.15, 0.2) is 48.7 Å². The van der Waals surface area contributed by atoms with Crippen LogP contribution in [0.1, 0.15) is 20.8 Å². The summed E-state index contributed by atoms with van der Waals surface area (Å²) in [5, 5.41) is 0. The van der Waals surface area contributed by atoms with E-state index >= 15 is 0 Å². The van der Waals surface area contributed by atoms with Crippen molar-refractivity contribution in [3.05, 3.63) is 59.9 Å². The summed E-state index contributed by atoms with van der Waals surface area (Å²) in [7, 11) is 0. The first-order valence-electron chi connectivity index (χ1n) is 5.04. The zero-order valence-corrected chi connectivity index (χ0v) is 8.96. The molecule has 0 saturated heterocycles. The van der Waals surface area contributed by atoms with Gasteiger partial charge in [-0.2, -0.15) is 0 Å². The molecule has 0 aliphatic heterocycles. The Bertz CT molecular complexity index is 565. The topological polar surface area (TPSA) is 73.1 Å². The third-order valence-corrected chi connectivity index (χ3v) is 2.25. The highest BCUT2D eigenvalue weighted by atomic mass is 16.2. The fraction of sp³-hybridized carbons (Fsp3) is 0. The molecule has 2 rings (SSSR count). The Kier molecular flexibility index (Phi) is 2.96. The number of anilines is 1. The van der Waals surface area contributed by atoms with Gasteiger partial charge in [-0.05, 0) is 24.3 Å². The predicted molar refractivity (Wildman–Crippen MR) is 63.8 cm³/mol. The maximum Gasteiger partial charge on any atom is 0.251 e. The first-order valence-corrected chi connectivity index (χ1v) is 5.04. The van der Waals surface area contributed by atoms with Crippen LogP contribution in [0, 0.1) is 0 Å². The zero-order chi connectivity index (χ0) is 12.3. The van der Waals surface area contributed by atoms with Crippen LogP contribution >= 0.6 is 0 Å². The van der Waals surface area contributed by atoms with E-state index in [1.165, 1.54) is 18.3 Å². The summed E-state index contributed by atoms with van der Waals surface area (Å²) >= 11 is 0. The highest BCUT2D eigenvalue weighted by Crippen LogP contribution is 2.10. The van der Waals surface area contributed by atoms with Gasteiger partial charge in [0.25, 0.3) is 5.78 Å². The molecule has 1 aromatic heterocycles. The average Bonchev–Trinajstić information content (AvgIpc) is 2.38. The summed E-state index contributed by atoms with van der Waals surface area (Å²) in [4.78, 5) is 27.5. The van der Waals surface area contributed by atoms with E-state index in [4.69, 9.17) is 5.73 Å². The fourth-order valence-electron chi connectivity index (χ4n) is 1.42. The van der Waals surface area contributed by atoms with Gasteiger partial charge in [0.05, 0.1) is 0 Å². The molecule has 2 N–H and O–H groups in total. The number of ketones is 2. The number of rotatable bonds is 3. The van der Waals surface area contributed by atoms with Gasteiger partial charge in [-0.15, -0.1) is 0 Å². The number of benzene rings is 1. The van der Waals surface area contributed by atoms with Crippen molar-refractivity contribution in [1.29, 1.82) is 0 Å². The van der Waals surface area contributed by atoms with Crippen molar-refractivity contribution in [3.8, 4) is 0 Å². The Labute approximate surface area is 98.1 Å². The third-order valence-electron chi connectivity index (χ3n) is 2.25. The van der Waals surface area contributed by atoms with Crippen molar-refractivity contribution in [2.75, 3.05) is 5.73 Å². The van der Waals surface area contributed by atoms with Crippen molar-refractivity contribution in [2.24, 2.45) is 0 Å². The minimum absolute atomic E-state index is 0.139. The number of carbonyl (C=O) groups is 2. The molecule has 0 atom stereocenters. The van der Waals surface area contributed by atoms with Gasteiger partial charge in [-0.1, -0.05) is 18.2 Å². The van der Waals surface area contributed by atoms with Crippen LogP contribution in [-0.4, -0.2) is 16.6 Å². The molecule has 0 unspecified atom stereocenters. The molecule has 0 amide bonds. The maximum atomic E-state index is 11.9. The Morgan fingerprint density at radius 3 is 2.47 bits per heavy atom. The summed E-state index contributed by atoms with van der Waals surface area (Å²) in [6, 6.07) is 11.2. The summed E-state index contributed by atoms with van der Waals surface area (Å²) in [6.45, 7) is 0. The number of nitrogens with zero attached hydrogens (tertiary/aromatic N) is 1. The molecule has 0 aliphatic rings. The number of nitrogen functional groups attached to an aromatic ring is 1. The molecule has 84 valence electrons. The molecule has 17 heavy (non-hydrogen) atoms. The molecule has 1 heterocycles. The monoisotopic (exact) mass is 226 g/mol. The van der Waals surface area contributed by atoms with Crippen LogP contribution in [0.3, 0.4) is 0 Å². The standard InChI is InChI=1S/C13H10N2O2/c14-10-5-3-4-9(8-10)12(16)13(17)11-6-1-2-7-15-11/h1-8H,14H2. The number of aromatic nitrogens is 1. The van der Waals surface area contributed by atoms with E-state index in [1.807, 2.05) is 0 Å². The van der Waals surface area contributed by atoms with Crippen molar-refractivity contribution < 1.29 is 9.59 Å². The summed E-state index contributed by atoms with van der Waals surface area (Å²) < 4.78 is 0. The van der Waals surface area contributed by atoms with E-state index in [0.29, 0.717) is 5.69 Å². The largest absolute Gasteiger partial charge is 0.399 e. The first kappa shape index (κ1) is 11.0. The van der Waals surface area contributed by atoms with Gasteiger partial charge in [0, 0.05) is 17.4 Å². The highest BCUT2D eigenvalue weighted by Gasteiger charge is 2.18. The lowest BCUT2D eigenvalue weighted by Gasteiger charge is -2.00. The van der Waals surface area contributed by atoms with Crippen molar-refractivity contribution in [3.63, 3.8) is 0 Å². The van der Waals surface area contributed by atoms with Gasteiger partial charge < -0.3 is 5.73 Å². The van der Waals surface area contributed by atoms with Crippen LogP contribution in [0.25, 0.3) is 0 Å². The van der Waals surface area contributed by atoms with Gasteiger partial charge in [-0.3, -0.25) is 14.6 Å². The second-order valence-electron chi connectivity index (χ2n) is 3.50. The number of hydrogen-bond donors (Lipinski definition) is 1. The Morgan fingerprint density at radius 2 is 1.82 bits per heavy atom. The van der Waals surface area contributed by atoms with Crippen molar-refractivity contribution in [2.45, 2.75) is 0 Å². The molecule has 1 aromatic carbocycles. The number of Topliss-reactive ketones (excluding diaryl/α,β-unsaturated/α-hetero) is 2. The minimum atomic E-state index is -0.629. The quantitative estimate of drug-likeness (QED) is 0.491. The average molecular weight is 226 g/mol. The molecule has 4 nitrogen and oxygen atoms in total. The van der Waals surface area contributed by atoms with E-state index < -0.39 is 11.6 Å².